The first-order valence-electron chi connectivity index (χ1n) is 46.0. The molecular formula is C103H131N8O12S8+. The number of ether oxygens (including phenoxy) is 6. The fourth-order valence-corrected chi connectivity index (χ4v) is 27.1. The molecule has 8 aromatic heterocycles. The van der Waals surface area contributed by atoms with Gasteiger partial charge in [0.15, 0.2) is 0 Å². The Kier molecular flexibility index (Phi) is 37.8. The Bertz CT molecular complexity index is 5670. The first-order chi connectivity index (χ1) is 62.7. The lowest BCUT2D eigenvalue weighted by atomic mass is 9.95. The molecule has 0 spiro atoms. The number of unbranched alkanes of at least 4 members (excludes halogenated alkanes) is 8. The van der Waals surface area contributed by atoms with Crippen LogP contribution in [0.4, 0.5) is 9.59 Å². The molecule has 4 atom stereocenters. The number of fused-ring (bicyclic) bond motifs is 8. The molecule has 12 heterocycles. The van der Waals surface area contributed by atoms with Crippen LogP contribution in [0.15, 0.2) is 97.1 Å². The molecule has 702 valence electrons. The van der Waals surface area contributed by atoms with Crippen molar-refractivity contribution in [3.63, 3.8) is 0 Å². The molecule has 16 rings (SSSR count). The second-order valence-electron chi connectivity index (χ2n) is 36.2. The van der Waals surface area contributed by atoms with Crippen molar-refractivity contribution in [3.8, 4) is 42.3 Å². The van der Waals surface area contributed by atoms with E-state index in [1.54, 1.807) is 101 Å². The van der Waals surface area contributed by atoms with Gasteiger partial charge in [-0.3, -0.25) is 19.2 Å². The number of aromatic nitrogens is 4. The number of nitrogens with one attached hydrogen (secondary N) is 2. The number of amides is 2. The zero-order valence-electron chi connectivity index (χ0n) is 77.7. The van der Waals surface area contributed by atoms with E-state index in [0.29, 0.717) is 94.7 Å². The number of carbonyl (C=O) groups excluding carboxylic acids is 6. The zero-order valence-corrected chi connectivity index (χ0v) is 84.3. The summed E-state index contributed by atoms with van der Waals surface area (Å²) in [4.78, 5) is 110. The SMILES string of the molecule is C.COCCCCCC(=O)Cc1sc2c(c1-c1nc3ccccc3s1)CC(C)N(C(=O)OC(C)(C)C)C2.COCCCCCC(=O)Cc1sc2c(c1-c1nc3ccccc3s1)CCN(C(=O)OC(C)(C)C)C2C.COCCCCCC(=O)Cc1sc2c(c1-c1nc3ccccc3s1)CCNC2C.[CH2+]OCCCCCC(=O)Cc1sc2c(c1-c1nc3ccccc3s1)CC(C)NC2. The number of carbonyl (C=O) groups is 6. The second kappa shape index (κ2) is 48.5. The largest absolute Gasteiger partial charge is 0.444 e. The van der Waals surface area contributed by atoms with E-state index in [-0.39, 0.29) is 43.3 Å². The van der Waals surface area contributed by atoms with Gasteiger partial charge in [-0.05, 0) is 224 Å². The molecule has 0 aliphatic carbocycles. The average molecular weight is 1930 g/mol. The Morgan fingerprint density at radius 2 is 0.779 bits per heavy atom. The Morgan fingerprint density at radius 1 is 0.420 bits per heavy atom. The molecule has 2 N–H and O–H groups in total. The molecule has 2 amide bonds. The topological polar surface area (TPSA) is 240 Å². The highest BCUT2D eigenvalue weighted by molar-refractivity contribution is 7.24. The summed E-state index contributed by atoms with van der Waals surface area (Å²) in [5, 5.41) is 11.2. The molecule has 0 radical (unpaired) electrons. The summed E-state index contributed by atoms with van der Waals surface area (Å²) < 4.78 is 36.2. The summed E-state index contributed by atoms with van der Waals surface area (Å²) in [6.45, 7) is 25.8. The molecule has 0 saturated heterocycles. The third kappa shape index (κ3) is 27.3. The van der Waals surface area contributed by atoms with Crippen LogP contribution in [0.5, 0.6) is 0 Å². The molecule has 0 fully saturated rings. The van der Waals surface area contributed by atoms with Gasteiger partial charge < -0.3 is 44.1 Å². The van der Waals surface area contributed by atoms with Crippen LogP contribution in [0.3, 0.4) is 0 Å². The zero-order chi connectivity index (χ0) is 92.2. The lowest BCUT2D eigenvalue weighted by molar-refractivity contribution is -0.119. The Labute approximate surface area is 805 Å². The number of thiophene rings is 4. The van der Waals surface area contributed by atoms with Gasteiger partial charge in [-0.1, -0.05) is 81.6 Å². The maximum atomic E-state index is 13.0. The van der Waals surface area contributed by atoms with Crippen molar-refractivity contribution in [2.24, 2.45) is 0 Å². The van der Waals surface area contributed by atoms with Gasteiger partial charge in [0.05, 0.1) is 60.1 Å². The lowest BCUT2D eigenvalue weighted by Crippen LogP contribution is -2.44. The molecule has 0 bridgehead atoms. The van der Waals surface area contributed by atoms with Crippen LogP contribution in [0.1, 0.15) is 253 Å². The maximum absolute atomic E-state index is 13.0. The molecular weight excluding hydrogens is 1800 g/mol. The fourth-order valence-electron chi connectivity index (χ4n) is 17.1. The minimum atomic E-state index is -0.542. The third-order valence-electron chi connectivity index (χ3n) is 23.6. The molecule has 4 aliphatic rings. The van der Waals surface area contributed by atoms with Gasteiger partial charge in [-0.2, -0.15) is 4.74 Å². The van der Waals surface area contributed by atoms with Crippen molar-refractivity contribution >= 4 is 167 Å². The predicted octanol–water partition coefficient (Wildman–Crippen LogP) is 25.9. The van der Waals surface area contributed by atoms with Crippen molar-refractivity contribution in [2.45, 2.75) is 279 Å². The Hall–Kier alpha value is -7.91. The van der Waals surface area contributed by atoms with Gasteiger partial charge in [-0.25, -0.2) is 29.5 Å². The van der Waals surface area contributed by atoms with Crippen LogP contribution in [-0.2, 0) is 112 Å². The highest BCUT2D eigenvalue weighted by Crippen LogP contribution is 2.50. The predicted molar refractivity (Wildman–Crippen MR) is 544 cm³/mol. The summed E-state index contributed by atoms with van der Waals surface area (Å²) >= 11 is 13.8. The first kappa shape index (κ1) is 102. The van der Waals surface area contributed by atoms with E-state index >= 15 is 0 Å². The summed E-state index contributed by atoms with van der Waals surface area (Å²) in [7, 11) is 8.53. The van der Waals surface area contributed by atoms with Gasteiger partial charge in [0.1, 0.15) is 54.4 Å². The number of nitrogens with zero attached hydrogens (tertiary/aromatic N) is 6. The number of Topliss-reactive ketones (excluding diaryl/α,β-unsaturated/α-hetero) is 4. The van der Waals surface area contributed by atoms with E-state index < -0.39 is 11.2 Å². The number of ketones is 4. The van der Waals surface area contributed by atoms with Crippen LogP contribution in [0, 0.1) is 7.11 Å². The van der Waals surface area contributed by atoms with Crippen LogP contribution in [0.2, 0.25) is 0 Å². The molecule has 4 aliphatic heterocycles. The Balaban J connectivity index is 0.000000158. The quantitative estimate of drug-likeness (QED) is 0.0274. The van der Waals surface area contributed by atoms with Crippen molar-refractivity contribution in [1.29, 1.82) is 0 Å². The summed E-state index contributed by atoms with van der Waals surface area (Å²) in [5.41, 5.74) is 12.9. The molecule has 131 heavy (non-hydrogen) atoms. The van der Waals surface area contributed by atoms with Crippen molar-refractivity contribution in [1.82, 2.24) is 40.4 Å². The normalized spacial score (nSPS) is 15.9. The van der Waals surface area contributed by atoms with Crippen LogP contribution in [-0.4, -0.2) is 149 Å². The second-order valence-corrected chi connectivity index (χ2v) is 45.0. The molecule has 28 heteroatoms. The standard InChI is InChI=1S/2C28H36N2O4S2.C23H28N2O2S2.C23H27N2O2S2.CH4/c1-18-25-20(14-15-30(18)27(32)34-28(2,3)4)24(26-29-21-12-8-9-13-22(21)36-26)23(35-25)17-19(31)11-7-6-10-16-33-5;1-18-15-20-24(17-30(18)27(32)34-28(2,3)4)35-23(16-19(31)11-7-6-10-14-33-5)25(20)26-29-21-12-8-9-13-22(21)36-26;1-15-22-17(11-12-24-15)21(23-25-18-9-5-6-10-19(18)29-23)20(28-22)14-16(26)8-4-3-7-13-27-2;1-15-12-17-21(14-24-15)28-20(13-16(26)8-4-3-7-11-27-2)22(17)23-25-18-9-5-6-10-19(18)29-23;/h2*8-9,12-13,18H,6-7,10-11,14-17H2,1-5H3;5-6,9-10,15,24H,3-4,7-8,11-14H2,1-2H3;5-6,9-10,15,24H,2-4,7-8,11-14H2,1H3;1H4/q;;;+1;. The summed E-state index contributed by atoms with van der Waals surface area (Å²) in [6.07, 6.45) is 18.8. The number of thiazole rings is 4. The van der Waals surface area contributed by atoms with E-state index in [2.05, 4.69) is 94.0 Å². The molecule has 4 unspecified atom stereocenters. The van der Waals surface area contributed by atoms with Gasteiger partial charge >= 0.3 is 12.2 Å². The molecule has 4 aromatic carbocycles. The number of hydrogen-bond donors (Lipinski definition) is 2. The van der Waals surface area contributed by atoms with Crippen molar-refractivity contribution < 1.29 is 57.2 Å². The summed E-state index contributed by atoms with van der Waals surface area (Å²) in [5.74, 6) is 1.17. The molecule has 12 aromatic rings. The van der Waals surface area contributed by atoms with Crippen LogP contribution >= 0.6 is 90.7 Å². The highest BCUT2D eigenvalue weighted by Gasteiger charge is 2.39. The van der Waals surface area contributed by atoms with Gasteiger partial charge in [0, 0.05) is 185 Å². The molecule has 20 nitrogen and oxygen atoms in total. The highest BCUT2D eigenvalue weighted by atomic mass is 32.1. The van der Waals surface area contributed by atoms with Gasteiger partial charge in [0.25, 0.3) is 0 Å². The maximum Gasteiger partial charge on any atom is 0.410 e. The lowest BCUT2D eigenvalue weighted by Gasteiger charge is -2.35. The van der Waals surface area contributed by atoms with Crippen LogP contribution < -0.4 is 10.6 Å². The van der Waals surface area contributed by atoms with Crippen molar-refractivity contribution in [2.75, 3.05) is 60.8 Å². The number of rotatable bonds is 36. The van der Waals surface area contributed by atoms with E-state index in [0.717, 1.165) is 218 Å². The number of para-hydroxylation sites is 4. The van der Waals surface area contributed by atoms with Crippen LogP contribution in [0.25, 0.3) is 83.2 Å². The van der Waals surface area contributed by atoms with E-state index in [4.69, 9.17) is 48.4 Å². The average Bonchev–Trinajstić information content (AvgIpc) is 1.63. The van der Waals surface area contributed by atoms with E-state index in [1.807, 2.05) is 111 Å². The van der Waals surface area contributed by atoms with Gasteiger partial charge in [0.2, 0.25) is 7.11 Å². The minimum Gasteiger partial charge on any atom is -0.444 e. The monoisotopic (exact) mass is 1930 g/mol. The minimum absolute atomic E-state index is 0. The first-order valence-corrected chi connectivity index (χ1v) is 52.6. The Morgan fingerprint density at radius 3 is 1.18 bits per heavy atom. The number of methoxy groups -OCH3 is 3. The number of benzene rings is 4. The van der Waals surface area contributed by atoms with E-state index in [1.165, 1.54) is 62.3 Å². The molecule has 0 saturated carbocycles. The van der Waals surface area contributed by atoms with E-state index in [9.17, 15) is 28.8 Å². The summed E-state index contributed by atoms with van der Waals surface area (Å²) in [6, 6.07) is 33.6. The van der Waals surface area contributed by atoms with Crippen molar-refractivity contribution in [3.05, 3.63) is 165 Å². The third-order valence-corrected chi connectivity index (χ3v) is 33.0. The number of hydrogen-bond acceptors (Lipinski definition) is 26. The van der Waals surface area contributed by atoms with Gasteiger partial charge in [-0.15, -0.1) is 90.7 Å². The smallest absolute Gasteiger partial charge is 0.410 e. The fraction of sp³-hybridized carbons (Fsp3) is 0.505.